The quantitative estimate of drug-likeness (QED) is 0.753. The molecule has 0 radical (unpaired) electrons. The zero-order valence-corrected chi connectivity index (χ0v) is 14.3. The van der Waals surface area contributed by atoms with Crippen LogP contribution in [-0.4, -0.2) is 31.9 Å². The molecule has 0 aromatic heterocycles. The van der Waals surface area contributed by atoms with Gasteiger partial charge in [0.15, 0.2) is 0 Å². The molecule has 1 atom stereocenters. The summed E-state index contributed by atoms with van der Waals surface area (Å²) in [6.45, 7) is 0. The Hall–Kier alpha value is -0.441. The van der Waals surface area contributed by atoms with Crippen LogP contribution >= 0.6 is 23.4 Å². The molecule has 0 spiro atoms. The fourth-order valence-corrected chi connectivity index (χ4v) is 5.16. The van der Waals surface area contributed by atoms with Crippen LogP contribution in [0.2, 0.25) is 10.3 Å². The Bertz CT molecular complexity index is 521. The van der Waals surface area contributed by atoms with E-state index < -0.39 is 0 Å². The van der Waals surface area contributed by atoms with Crippen LogP contribution in [0.15, 0.2) is 54.6 Å². The maximum absolute atomic E-state index is 10.0. The molecular formula is C16H17ClOSSe. The van der Waals surface area contributed by atoms with Crippen molar-refractivity contribution in [3.05, 3.63) is 65.2 Å². The molecule has 0 heterocycles. The Kier molecular flexibility index (Phi) is 6.98. The molecule has 0 aliphatic rings. The predicted octanol–water partition coefficient (Wildman–Crippen LogP) is 3.38. The fourth-order valence-electron chi connectivity index (χ4n) is 1.68. The first kappa shape index (κ1) is 15.9. The normalized spacial score (nSPS) is 12.3. The van der Waals surface area contributed by atoms with Crippen molar-refractivity contribution >= 4 is 42.8 Å². The summed E-state index contributed by atoms with van der Waals surface area (Å²) in [5, 5.41) is 11.6. The number of hydrogen-bond donors (Lipinski definition) is 1. The first-order valence-electron chi connectivity index (χ1n) is 6.42. The van der Waals surface area contributed by atoms with Crippen molar-refractivity contribution in [2.45, 2.75) is 17.2 Å². The van der Waals surface area contributed by atoms with E-state index in [2.05, 4.69) is 30.3 Å². The number of aliphatic hydroxyl groups is 1. The van der Waals surface area contributed by atoms with Crippen molar-refractivity contribution in [1.29, 1.82) is 0 Å². The van der Waals surface area contributed by atoms with Gasteiger partial charge in [0.2, 0.25) is 0 Å². The molecule has 20 heavy (non-hydrogen) atoms. The van der Waals surface area contributed by atoms with Crippen molar-refractivity contribution in [1.82, 2.24) is 0 Å². The van der Waals surface area contributed by atoms with Crippen LogP contribution in [0.3, 0.4) is 0 Å². The Morgan fingerprint density at radius 2 is 1.90 bits per heavy atom. The van der Waals surface area contributed by atoms with Gasteiger partial charge < -0.3 is 0 Å². The second-order valence-corrected chi connectivity index (χ2v) is 8.18. The van der Waals surface area contributed by atoms with E-state index in [9.17, 15) is 5.11 Å². The molecule has 0 amide bonds. The van der Waals surface area contributed by atoms with E-state index in [1.807, 2.05) is 24.3 Å². The van der Waals surface area contributed by atoms with Crippen molar-refractivity contribution in [3.63, 3.8) is 0 Å². The van der Waals surface area contributed by atoms with Crippen molar-refractivity contribution in [3.8, 4) is 0 Å². The van der Waals surface area contributed by atoms with Gasteiger partial charge in [0.05, 0.1) is 0 Å². The zero-order chi connectivity index (χ0) is 14.2. The average Bonchev–Trinajstić information content (AvgIpc) is 2.46. The van der Waals surface area contributed by atoms with Gasteiger partial charge >= 0.3 is 136 Å². The third kappa shape index (κ3) is 5.90. The number of thioether (sulfide) groups is 1. The second kappa shape index (κ2) is 8.76. The fraction of sp³-hybridized carbons (Fsp3) is 0.250. The minimum atomic E-state index is -0.234. The summed E-state index contributed by atoms with van der Waals surface area (Å²) in [4.78, 5) is 0. The molecule has 1 unspecified atom stereocenters. The van der Waals surface area contributed by atoms with Crippen LogP contribution in [0.4, 0.5) is 0 Å². The topological polar surface area (TPSA) is 20.2 Å². The number of halogens is 1. The number of rotatable bonds is 7. The van der Waals surface area contributed by atoms with Gasteiger partial charge in [-0.1, -0.05) is 0 Å². The van der Waals surface area contributed by atoms with Gasteiger partial charge in [-0.2, -0.15) is 0 Å². The Morgan fingerprint density at radius 1 is 1.10 bits per heavy atom. The molecule has 2 rings (SSSR count). The minimum absolute atomic E-state index is 0.234. The molecule has 0 saturated heterocycles. The van der Waals surface area contributed by atoms with Crippen LogP contribution in [0.5, 0.6) is 0 Å². The van der Waals surface area contributed by atoms with Gasteiger partial charge in [0, 0.05) is 0 Å². The Labute approximate surface area is 135 Å². The van der Waals surface area contributed by atoms with Crippen LogP contribution < -0.4 is 4.46 Å². The summed E-state index contributed by atoms with van der Waals surface area (Å²) >= 11 is 8.03. The first-order valence-corrected chi connectivity index (χ1v) is 10.0. The Balaban J connectivity index is 1.67. The molecule has 0 fully saturated rings. The third-order valence-electron chi connectivity index (χ3n) is 2.66. The van der Waals surface area contributed by atoms with Crippen LogP contribution in [0.1, 0.15) is 5.56 Å². The van der Waals surface area contributed by atoms with Crippen LogP contribution in [-0.2, 0) is 5.75 Å². The zero-order valence-electron chi connectivity index (χ0n) is 11.0. The van der Waals surface area contributed by atoms with E-state index in [1.54, 1.807) is 11.8 Å². The predicted molar refractivity (Wildman–Crippen MR) is 90.3 cm³/mol. The average molecular weight is 372 g/mol. The van der Waals surface area contributed by atoms with E-state index in [-0.39, 0.29) is 21.1 Å². The van der Waals surface area contributed by atoms with Gasteiger partial charge in [-0.05, 0) is 0 Å². The molecule has 0 saturated carbocycles. The monoisotopic (exact) mass is 372 g/mol. The maximum atomic E-state index is 10.0. The van der Waals surface area contributed by atoms with Gasteiger partial charge in [-0.15, -0.1) is 0 Å². The SMILES string of the molecule is OC(CSCc1ccccc1)C[Se]c1cccc(Cl)c1. The van der Waals surface area contributed by atoms with E-state index in [0.717, 1.165) is 21.8 Å². The van der Waals surface area contributed by atoms with Gasteiger partial charge in [0.25, 0.3) is 0 Å². The molecule has 1 N–H and O–H groups in total. The van der Waals surface area contributed by atoms with Gasteiger partial charge in [-0.3, -0.25) is 0 Å². The number of hydrogen-bond acceptors (Lipinski definition) is 2. The van der Waals surface area contributed by atoms with Gasteiger partial charge in [0.1, 0.15) is 0 Å². The van der Waals surface area contributed by atoms with Crippen LogP contribution in [0, 0.1) is 0 Å². The van der Waals surface area contributed by atoms with Crippen LogP contribution in [0.25, 0.3) is 0 Å². The molecule has 0 aliphatic carbocycles. The van der Waals surface area contributed by atoms with E-state index in [0.29, 0.717) is 0 Å². The summed E-state index contributed by atoms with van der Waals surface area (Å²) < 4.78 is 1.25. The Morgan fingerprint density at radius 3 is 2.65 bits per heavy atom. The molecule has 1 nitrogen and oxygen atoms in total. The molecule has 0 bridgehead atoms. The molecule has 2 aromatic rings. The molecule has 0 aliphatic heterocycles. The van der Waals surface area contributed by atoms with Crippen molar-refractivity contribution in [2.24, 2.45) is 0 Å². The third-order valence-corrected chi connectivity index (χ3v) is 6.44. The molecule has 2 aromatic carbocycles. The first-order chi connectivity index (χ1) is 9.74. The molecule has 106 valence electrons. The van der Waals surface area contributed by atoms with E-state index in [4.69, 9.17) is 11.6 Å². The summed E-state index contributed by atoms with van der Waals surface area (Å²) in [6.07, 6.45) is -0.234. The summed E-state index contributed by atoms with van der Waals surface area (Å²) in [6, 6.07) is 18.3. The number of aliphatic hydroxyl groups excluding tert-OH is 1. The van der Waals surface area contributed by atoms with E-state index in [1.165, 1.54) is 10.0 Å². The van der Waals surface area contributed by atoms with Gasteiger partial charge in [-0.25, -0.2) is 0 Å². The second-order valence-electron chi connectivity index (χ2n) is 4.42. The summed E-state index contributed by atoms with van der Waals surface area (Å²) in [7, 11) is 0. The standard InChI is InChI=1S/C16H17ClOSSe/c17-14-7-4-8-16(9-14)20-12-15(18)11-19-10-13-5-2-1-3-6-13/h1-9,15,18H,10-12H2. The van der Waals surface area contributed by atoms with Crippen molar-refractivity contribution in [2.75, 3.05) is 5.75 Å². The summed E-state index contributed by atoms with van der Waals surface area (Å²) in [5.41, 5.74) is 1.31. The number of benzene rings is 2. The van der Waals surface area contributed by atoms with Crippen molar-refractivity contribution < 1.29 is 5.11 Å². The molecule has 4 heteroatoms. The van der Waals surface area contributed by atoms with E-state index >= 15 is 0 Å². The summed E-state index contributed by atoms with van der Waals surface area (Å²) in [5.74, 6) is 1.75. The molecular weight excluding hydrogens is 355 g/mol.